The number of anilines is 1. The largest absolute Gasteiger partial charge is 0.326 e. The van der Waals surface area contributed by atoms with Crippen molar-refractivity contribution in [1.29, 1.82) is 0 Å². The topological polar surface area (TPSA) is 80.5 Å². The molecule has 0 atom stereocenters. The predicted molar refractivity (Wildman–Crippen MR) is 61.2 cm³/mol. The van der Waals surface area contributed by atoms with Crippen LogP contribution in [-0.2, 0) is 27.3 Å². The van der Waals surface area contributed by atoms with Crippen LogP contribution in [0.5, 0.6) is 0 Å². The van der Waals surface area contributed by atoms with Crippen LogP contribution in [0.2, 0.25) is 0 Å². The first-order valence-corrected chi connectivity index (χ1v) is 5.24. The Morgan fingerprint density at radius 2 is 2.12 bits per heavy atom. The van der Waals surface area contributed by atoms with E-state index in [-0.39, 0.29) is 12.3 Å². The van der Waals surface area contributed by atoms with Crippen molar-refractivity contribution < 1.29 is 14.4 Å². The van der Waals surface area contributed by atoms with Gasteiger partial charge in [0.15, 0.2) is 0 Å². The Kier molecular flexibility index (Phi) is 2.77. The normalized spacial score (nSPS) is 13.8. The lowest BCUT2D eigenvalue weighted by atomic mass is 10.1. The summed E-state index contributed by atoms with van der Waals surface area (Å²) in [5.74, 6) is -1.79. The fourth-order valence-corrected chi connectivity index (χ4v) is 1.88. The zero-order valence-corrected chi connectivity index (χ0v) is 9.40. The van der Waals surface area contributed by atoms with Crippen molar-refractivity contribution in [3.63, 3.8) is 0 Å². The van der Waals surface area contributed by atoms with Crippen LogP contribution in [0.15, 0.2) is 18.2 Å². The molecule has 88 valence electrons. The van der Waals surface area contributed by atoms with E-state index in [4.69, 9.17) is 5.73 Å². The summed E-state index contributed by atoms with van der Waals surface area (Å²) in [6, 6.07) is 5.20. The minimum atomic E-state index is -0.783. The number of imide groups is 1. The quantitative estimate of drug-likeness (QED) is 0.736. The van der Waals surface area contributed by atoms with Gasteiger partial charge in [0.2, 0.25) is 11.7 Å². The van der Waals surface area contributed by atoms with E-state index in [1.54, 1.807) is 18.2 Å². The van der Waals surface area contributed by atoms with Crippen LogP contribution in [0.25, 0.3) is 0 Å². The van der Waals surface area contributed by atoms with Gasteiger partial charge in [0.25, 0.3) is 0 Å². The summed E-state index contributed by atoms with van der Waals surface area (Å²) in [7, 11) is 0. The molecule has 1 aliphatic rings. The van der Waals surface area contributed by atoms with Gasteiger partial charge in [0, 0.05) is 13.5 Å². The molecule has 0 saturated heterocycles. The molecule has 0 radical (unpaired) electrons. The van der Waals surface area contributed by atoms with E-state index in [9.17, 15) is 14.4 Å². The third kappa shape index (κ3) is 1.85. The highest BCUT2D eigenvalue weighted by Gasteiger charge is 2.34. The Bertz CT molecular complexity index is 522. The summed E-state index contributed by atoms with van der Waals surface area (Å²) >= 11 is 0. The van der Waals surface area contributed by atoms with Crippen molar-refractivity contribution in [2.45, 2.75) is 19.9 Å². The lowest BCUT2D eigenvalue weighted by Gasteiger charge is -2.13. The smallest absolute Gasteiger partial charge is 0.300 e. The monoisotopic (exact) mass is 232 g/mol. The predicted octanol–water partition coefficient (Wildman–Crippen LogP) is 0.150. The number of hydrogen-bond acceptors (Lipinski definition) is 4. The van der Waals surface area contributed by atoms with E-state index in [0.717, 1.165) is 23.0 Å². The first-order chi connectivity index (χ1) is 8.04. The van der Waals surface area contributed by atoms with E-state index < -0.39 is 11.7 Å². The van der Waals surface area contributed by atoms with Crippen LogP contribution in [-0.4, -0.2) is 17.6 Å². The van der Waals surface area contributed by atoms with Gasteiger partial charge >= 0.3 is 5.91 Å². The van der Waals surface area contributed by atoms with Crippen molar-refractivity contribution >= 4 is 23.3 Å². The summed E-state index contributed by atoms with van der Waals surface area (Å²) in [6.45, 7) is 1.53. The second-order valence-electron chi connectivity index (χ2n) is 3.93. The summed E-state index contributed by atoms with van der Waals surface area (Å²) < 4.78 is 0. The molecule has 2 N–H and O–H groups in total. The Morgan fingerprint density at radius 1 is 1.41 bits per heavy atom. The zero-order valence-electron chi connectivity index (χ0n) is 9.40. The van der Waals surface area contributed by atoms with Crippen LogP contribution in [0, 0.1) is 0 Å². The average Bonchev–Trinajstić information content (AvgIpc) is 2.62. The number of Topliss-reactive ketones (excluding diaryl/α,β-unsaturated/α-hetero) is 1. The van der Waals surface area contributed by atoms with Crippen molar-refractivity contribution in [3.8, 4) is 0 Å². The van der Waals surface area contributed by atoms with Gasteiger partial charge in [0.05, 0.1) is 12.1 Å². The van der Waals surface area contributed by atoms with Gasteiger partial charge in [-0.25, -0.2) is 4.90 Å². The maximum Gasteiger partial charge on any atom is 0.300 e. The van der Waals surface area contributed by atoms with Crippen LogP contribution < -0.4 is 10.6 Å². The van der Waals surface area contributed by atoms with E-state index in [1.807, 2.05) is 0 Å². The van der Waals surface area contributed by atoms with Gasteiger partial charge in [-0.2, -0.15) is 0 Å². The molecule has 0 aromatic heterocycles. The standard InChI is InChI=1S/C12H12N2O3/c1-7(15)12(17)14-10-3-2-8(6-13)4-9(10)5-11(14)16/h2-4H,5-6,13H2,1H3. The lowest BCUT2D eigenvalue weighted by Crippen LogP contribution is -2.37. The number of amides is 2. The Morgan fingerprint density at radius 3 is 2.71 bits per heavy atom. The molecule has 1 aromatic rings. The second kappa shape index (κ2) is 4.10. The average molecular weight is 232 g/mol. The molecule has 1 aromatic carbocycles. The molecule has 2 amide bonds. The fraction of sp³-hybridized carbons (Fsp3) is 0.250. The highest BCUT2D eigenvalue weighted by atomic mass is 16.2. The molecule has 0 bridgehead atoms. The minimum Gasteiger partial charge on any atom is -0.326 e. The SMILES string of the molecule is CC(=O)C(=O)N1C(=O)Cc2cc(CN)ccc21. The highest BCUT2D eigenvalue weighted by Crippen LogP contribution is 2.29. The molecular formula is C12H12N2O3. The minimum absolute atomic E-state index is 0.141. The van der Waals surface area contributed by atoms with E-state index in [1.165, 1.54) is 0 Å². The third-order valence-electron chi connectivity index (χ3n) is 2.72. The number of ketones is 1. The van der Waals surface area contributed by atoms with Crippen molar-refractivity contribution in [1.82, 2.24) is 0 Å². The number of carbonyl (C=O) groups excluding carboxylic acids is 3. The zero-order chi connectivity index (χ0) is 12.6. The van der Waals surface area contributed by atoms with Gasteiger partial charge < -0.3 is 5.73 Å². The van der Waals surface area contributed by atoms with Gasteiger partial charge in [-0.3, -0.25) is 14.4 Å². The first-order valence-electron chi connectivity index (χ1n) is 5.24. The fourth-order valence-electron chi connectivity index (χ4n) is 1.88. The molecule has 1 aliphatic heterocycles. The molecule has 17 heavy (non-hydrogen) atoms. The van der Waals surface area contributed by atoms with Gasteiger partial charge in [-0.05, 0) is 17.2 Å². The summed E-state index contributed by atoms with van der Waals surface area (Å²) in [5.41, 5.74) is 7.63. The molecule has 5 heteroatoms. The van der Waals surface area contributed by atoms with E-state index >= 15 is 0 Å². The Balaban J connectivity index is 2.44. The van der Waals surface area contributed by atoms with Gasteiger partial charge in [0.1, 0.15) is 0 Å². The molecule has 1 heterocycles. The van der Waals surface area contributed by atoms with Crippen molar-refractivity contribution in [2.75, 3.05) is 4.90 Å². The number of rotatable bonds is 2. The number of benzene rings is 1. The van der Waals surface area contributed by atoms with E-state index in [2.05, 4.69) is 0 Å². The number of nitrogens with zero attached hydrogens (tertiary/aromatic N) is 1. The summed E-state index contributed by atoms with van der Waals surface area (Å²) in [5, 5.41) is 0. The number of carbonyl (C=O) groups is 3. The first kappa shape index (κ1) is 11.5. The lowest BCUT2D eigenvalue weighted by molar-refractivity contribution is -0.137. The van der Waals surface area contributed by atoms with Gasteiger partial charge in [-0.15, -0.1) is 0 Å². The molecular weight excluding hydrogens is 220 g/mol. The van der Waals surface area contributed by atoms with Gasteiger partial charge in [-0.1, -0.05) is 12.1 Å². The van der Waals surface area contributed by atoms with Crippen molar-refractivity contribution in [2.24, 2.45) is 5.73 Å². The molecule has 0 fully saturated rings. The maximum absolute atomic E-state index is 11.7. The van der Waals surface area contributed by atoms with Crippen LogP contribution in [0.1, 0.15) is 18.1 Å². The van der Waals surface area contributed by atoms with Crippen molar-refractivity contribution in [3.05, 3.63) is 29.3 Å². The van der Waals surface area contributed by atoms with Crippen LogP contribution >= 0.6 is 0 Å². The van der Waals surface area contributed by atoms with E-state index in [0.29, 0.717) is 12.2 Å². The van der Waals surface area contributed by atoms with Crippen LogP contribution in [0.4, 0.5) is 5.69 Å². The summed E-state index contributed by atoms with van der Waals surface area (Å²) in [6.07, 6.45) is 0.141. The third-order valence-corrected chi connectivity index (χ3v) is 2.72. The molecule has 0 saturated carbocycles. The van der Waals surface area contributed by atoms with Crippen LogP contribution in [0.3, 0.4) is 0 Å². The number of nitrogens with two attached hydrogens (primary N) is 1. The second-order valence-corrected chi connectivity index (χ2v) is 3.93. The molecule has 2 rings (SSSR count). The molecule has 5 nitrogen and oxygen atoms in total. The number of fused-ring (bicyclic) bond motifs is 1. The Hall–Kier alpha value is -2.01. The molecule has 0 aliphatic carbocycles. The highest BCUT2D eigenvalue weighted by molar-refractivity contribution is 6.46. The summed E-state index contributed by atoms with van der Waals surface area (Å²) in [4.78, 5) is 35.3. The molecule has 0 unspecified atom stereocenters. The number of hydrogen-bond donors (Lipinski definition) is 1. The Labute approximate surface area is 98.2 Å². The molecule has 0 spiro atoms. The maximum atomic E-state index is 11.7.